The van der Waals surface area contributed by atoms with Crippen LogP contribution in [0.25, 0.3) is 22.2 Å². The summed E-state index contributed by atoms with van der Waals surface area (Å²) in [6.45, 7) is 10.9. The number of hydrogen-bond donors (Lipinski definition) is 4. The standard InChI is InChI=1S/C40H48N6O5/c1-25(2)45-21-9-13-33(45)36(47)41-29-17-15-26(16-18-29)32-24-28-23-30(19-20-31(28)43-32)42-37(48)34-14-10-22-46(34)38(49)35(27-11-7-6-8-12-27)44-39(50)51-40(3,4)5/h6-8,11-12,15-20,23-25,33-35,43H,9-10,13-14,21-22H2,1-5H3,(H,41,47)(H,42,48)(H,44,50)/t33-,34-,35+/m0/s1. The first-order chi connectivity index (χ1) is 24.4. The summed E-state index contributed by atoms with van der Waals surface area (Å²) in [5.74, 6) is -0.614. The first-order valence-corrected chi connectivity index (χ1v) is 17.8. The van der Waals surface area contributed by atoms with Gasteiger partial charge in [-0.15, -0.1) is 0 Å². The minimum atomic E-state index is -1.00. The molecule has 6 rings (SSSR count). The van der Waals surface area contributed by atoms with Gasteiger partial charge in [0.25, 0.3) is 5.91 Å². The first kappa shape index (κ1) is 35.7. The second kappa shape index (κ2) is 15.0. The molecular weight excluding hydrogens is 644 g/mol. The Morgan fingerprint density at radius 2 is 1.45 bits per heavy atom. The molecule has 1 aromatic heterocycles. The van der Waals surface area contributed by atoms with Crippen LogP contribution >= 0.6 is 0 Å². The normalized spacial score (nSPS) is 18.5. The number of rotatable bonds is 9. The predicted molar refractivity (Wildman–Crippen MR) is 199 cm³/mol. The molecule has 268 valence electrons. The number of carbonyl (C=O) groups is 4. The zero-order valence-electron chi connectivity index (χ0n) is 30.0. The maximum Gasteiger partial charge on any atom is 0.408 e. The summed E-state index contributed by atoms with van der Waals surface area (Å²) in [7, 11) is 0. The van der Waals surface area contributed by atoms with Crippen LogP contribution in [0.4, 0.5) is 16.2 Å². The van der Waals surface area contributed by atoms with Crippen molar-refractivity contribution in [3.05, 3.63) is 84.4 Å². The SMILES string of the molecule is CC(C)N1CCC[C@H]1C(=O)Nc1ccc(-c2cc3cc(NC(=O)[C@@H]4CCCN4C(=O)[C@H](NC(=O)OC(C)(C)C)c4ccccc4)ccc3[nH]2)cc1. The van der Waals surface area contributed by atoms with E-state index in [4.69, 9.17) is 4.74 Å². The van der Waals surface area contributed by atoms with E-state index >= 15 is 0 Å². The van der Waals surface area contributed by atoms with Crippen LogP contribution in [-0.2, 0) is 19.1 Å². The fourth-order valence-corrected chi connectivity index (χ4v) is 7.07. The van der Waals surface area contributed by atoms with E-state index in [9.17, 15) is 19.2 Å². The first-order valence-electron chi connectivity index (χ1n) is 17.8. The molecule has 11 heteroatoms. The van der Waals surface area contributed by atoms with Crippen LogP contribution in [0, 0.1) is 0 Å². The Kier molecular flexibility index (Phi) is 10.5. The van der Waals surface area contributed by atoms with E-state index in [0.29, 0.717) is 36.7 Å². The molecule has 4 amide bonds. The number of ether oxygens (including phenoxy) is 1. The van der Waals surface area contributed by atoms with Crippen molar-refractivity contribution in [1.82, 2.24) is 20.1 Å². The van der Waals surface area contributed by atoms with Crippen LogP contribution in [0.5, 0.6) is 0 Å². The van der Waals surface area contributed by atoms with Crippen molar-refractivity contribution >= 4 is 46.1 Å². The second-order valence-corrected chi connectivity index (χ2v) is 14.7. The summed E-state index contributed by atoms with van der Waals surface area (Å²) in [6, 6.07) is 23.0. The lowest BCUT2D eigenvalue weighted by atomic mass is 10.0. The molecule has 0 bridgehead atoms. The molecule has 4 N–H and O–H groups in total. The quantitative estimate of drug-likeness (QED) is 0.152. The Hall–Kier alpha value is -5.16. The van der Waals surface area contributed by atoms with Crippen LogP contribution in [-0.4, -0.2) is 75.4 Å². The number of H-pyrrole nitrogens is 1. The molecule has 3 aromatic carbocycles. The Labute approximate surface area is 299 Å². The smallest absolute Gasteiger partial charge is 0.408 e. The lowest BCUT2D eigenvalue weighted by Gasteiger charge is -2.29. The van der Waals surface area contributed by atoms with Crippen molar-refractivity contribution in [2.24, 2.45) is 0 Å². The third-order valence-electron chi connectivity index (χ3n) is 9.49. The molecule has 2 aliphatic heterocycles. The Morgan fingerprint density at radius 1 is 0.804 bits per heavy atom. The number of benzene rings is 3. The van der Waals surface area contributed by atoms with Gasteiger partial charge >= 0.3 is 6.09 Å². The van der Waals surface area contributed by atoms with Gasteiger partial charge in [0.2, 0.25) is 11.8 Å². The van der Waals surface area contributed by atoms with Gasteiger partial charge in [0, 0.05) is 40.6 Å². The zero-order valence-corrected chi connectivity index (χ0v) is 30.0. The predicted octanol–water partition coefficient (Wildman–Crippen LogP) is 6.84. The second-order valence-electron chi connectivity index (χ2n) is 14.7. The highest BCUT2D eigenvalue weighted by Crippen LogP contribution is 2.30. The van der Waals surface area contributed by atoms with Gasteiger partial charge in [-0.3, -0.25) is 19.3 Å². The molecule has 4 aromatic rings. The molecular formula is C40H48N6O5. The van der Waals surface area contributed by atoms with E-state index in [2.05, 4.69) is 39.7 Å². The van der Waals surface area contributed by atoms with Gasteiger partial charge in [-0.2, -0.15) is 0 Å². The van der Waals surface area contributed by atoms with Crippen molar-refractivity contribution in [2.75, 3.05) is 23.7 Å². The monoisotopic (exact) mass is 692 g/mol. The lowest BCUT2D eigenvalue weighted by molar-refractivity contribution is -0.138. The van der Waals surface area contributed by atoms with E-state index in [0.717, 1.165) is 47.2 Å². The topological polar surface area (TPSA) is 136 Å². The van der Waals surface area contributed by atoms with Gasteiger partial charge in [-0.1, -0.05) is 42.5 Å². The van der Waals surface area contributed by atoms with Crippen LogP contribution < -0.4 is 16.0 Å². The van der Waals surface area contributed by atoms with Crippen LogP contribution in [0.1, 0.15) is 71.9 Å². The molecule has 51 heavy (non-hydrogen) atoms. The zero-order chi connectivity index (χ0) is 36.3. The maximum atomic E-state index is 13.9. The molecule has 0 radical (unpaired) electrons. The number of anilines is 2. The molecule has 0 spiro atoms. The summed E-state index contributed by atoms with van der Waals surface area (Å²) in [5.41, 5.74) is 4.03. The van der Waals surface area contributed by atoms with Crippen molar-refractivity contribution < 1.29 is 23.9 Å². The van der Waals surface area contributed by atoms with Crippen LogP contribution in [0.15, 0.2) is 78.9 Å². The number of nitrogens with zero attached hydrogens (tertiary/aromatic N) is 2. The molecule has 0 unspecified atom stereocenters. The molecule has 3 heterocycles. The third kappa shape index (κ3) is 8.42. The molecule has 2 aliphatic rings. The van der Waals surface area contributed by atoms with E-state index in [-0.39, 0.29) is 23.8 Å². The molecule has 11 nitrogen and oxygen atoms in total. The van der Waals surface area contributed by atoms with E-state index in [1.54, 1.807) is 49.9 Å². The molecule has 2 fully saturated rings. The average Bonchev–Trinajstić information content (AvgIpc) is 3.87. The lowest BCUT2D eigenvalue weighted by Crippen LogP contribution is -2.49. The minimum Gasteiger partial charge on any atom is -0.444 e. The number of likely N-dealkylation sites (tertiary alicyclic amines) is 2. The van der Waals surface area contributed by atoms with Crippen molar-refractivity contribution in [3.8, 4) is 11.3 Å². The fraction of sp³-hybridized carbons (Fsp3) is 0.400. The van der Waals surface area contributed by atoms with Gasteiger partial charge in [0.05, 0.1) is 6.04 Å². The van der Waals surface area contributed by atoms with Gasteiger partial charge in [0.1, 0.15) is 17.7 Å². The summed E-state index contributed by atoms with van der Waals surface area (Å²) in [5, 5.41) is 9.75. The fourth-order valence-electron chi connectivity index (χ4n) is 7.07. The number of aromatic amines is 1. The van der Waals surface area contributed by atoms with Gasteiger partial charge in [-0.25, -0.2) is 4.79 Å². The van der Waals surface area contributed by atoms with Crippen LogP contribution in [0.2, 0.25) is 0 Å². The van der Waals surface area contributed by atoms with Gasteiger partial charge in [-0.05, 0) is 114 Å². The number of aromatic nitrogens is 1. The van der Waals surface area contributed by atoms with E-state index < -0.39 is 23.8 Å². The summed E-state index contributed by atoms with van der Waals surface area (Å²) < 4.78 is 5.45. The highest BCUT2D eigenvalue weighted by molar-refractivity contribution is 6.00. The van der Waals surface area contributed by atoms with Crippen molar-refractivity contribution in [2.45, 2.75) is 90.1 Å². The largest absolute Gasteiger partial charge is 0.444 e. The molecule has 0 aliphatic carbocycles. The number of amides is 4. The number of fused-ring (bicyclic) bond motifs is 1. The third-order valence-corrected chi connectivity index (χ3v) is 9.49. The molecule has 3 atom stereocenters. The van der Waals surface area contributed by atoms with E-state index in [1.807, 2.05) is 54.6 Å². The Bertz CT molecular complexity index is 1880. The van der Waals surface area contributed by atoms with Gasteiger partial charge in [0.15, 0.2) is 0 Å². The number of carbonyl (C=O) groups excluding carboxylic acids is 4. The van der Waals surface area contributed by atoms with Crippen molar-refractivity contribution in [3.63, 3.8) is 0 Å². The summed E-state index contributed by atoms with van der Waals surface area (Å²) in [6.07, 6.45) is 2.37. The summed E-state index contributed by atoms with van der Waals surface area (Å²) in [4.78, 5) is 60.6. The van der Waals surface area contributed by atoms with E-state index in [1.165, 1.54) is 0 Å². The van der Waals surface area contributed by atoms with Crippen LogP contribution in [0.3, 0.4) is 0 Å². The highest BCUT2D eigenvalue weighted by atomic mass is 16.6. The minimum absolute atomic E-state index is 0.0349. The number of alkyl carbamates (subject to hydrolysis) is 1. The highest BCUT2D eigenvalue weighted by Gasteiger charge is 2.39. The number of hydrogen-bond acceptors (Lipinski definition) is 6. The Morgan fingerprint density at radius 3 is 2.16 bits per heavy atom. The average molecular weight is 693 g/mol. The Balaban J connectivity index is 1.12. The number of nitrogens with one attached hydrogen (secondary N) is 4. The molecule has 0 saturated carbocycles. The van der Waals surface area contributed by atoms with Crippen molar-refractivity contribution in [1.29, 1.82) is 0 Å². The summed E-state index contributed by atoms with van der Waals surface area (Å²) >= 11 is 0. The molecule has 2 saturated heterocycles. The maximum absolute atomic E-state index is 13.9. The van der Waals surface area contributed by atoms with Gasteiger partial charge < -0.3 is 30.6 Å².